The lowest BCUT2D eigenvalue weighted by atomic mass is 9.77. The van der Waals surface area contributed by atoms with Crippen LogP contribution in [-0.4, -0.2) is 24.0 Å². The molecule has 2 unspecified atom stereocenters. The lowest BCUT2D eigenvalue weighted by Crippen LogP contribution is -2.41. The number of ether oxygens (including phenoxy) is 1. The molecule has 1 aliphatic carbocycles. The summed E-state index contributed by atoms with van der Waals surface area (Å²) in [5.74, 6) is 0.618. The molecule has 2 aliphatic rings. The standard InChI is InChI=1S/C11H19NO2/c1-7(13)10(11(2)6-14-11)8-4-3-5-9(8)12/h8-10H,3-6,12H2,1-2H3/t8?,9?,10-,11-/m0/s1. The van der Waals surface area contributed by atoms with Crippen molar-refractivity contribution in [3.8, 4) is 0 Å². The first-order valence-electron chi connectivity index (χ1n) is 5.44. The van der Waals surface area contributed by atoms with E-state index in [-0.39, 0.29) is 23.3 Å². The van der Waals surface area contributed by atoms with Crippen LogP contribution in [0.4, 0.5) is 0 Å². The summed E-state index contributed by atoms with van der Waals surface area (Å²) in [5.41, 5.74) is 5.84. The lowest BCUT2D eigenvalue weighted by molar-refractivity contribution is -0.124. The molecule has 0 aromatic heterocycles. The quantitative estimate of drug-likeness (QED) is 0.689. The van der Waals surface area contributed by atoms with Crippen LogP contribution in [-0.2, 0) is 9.53 Å². The van der Waals surface area contributed by atoms with Gasteiger partial charge in [-0.15, -0.1) is 0 Å². The summed E-state index contributed by atoms with van der Waals surface area (Å²) in [6.45, 7) is 4.42. The topological polar surface area (TPSA) is 55.6 Å². The molecule has 1 saturated heterocycles. The number of ketones is 1. The van der Waals surface area contributed by atoms with Crippen molar-refractivity contribution in [3.05, 3.63) is 0 Å². The first kappa shape index (κ1) is 10.1. The SMILES string of the molecule is CC(=O)[C@@H](C1CCCC1N)[C@]1(C)CO1. The van der Waals surface area contributed by atoms with Crippen LogP contribution in [0.5, 0.6) is 0 Å². The van der Waals surface area contributed by atoms with Crippen LogP contribution in [0.1, 0.15) is 33.1 Å². The Morgan fingerprint density at radius 3 is 2.57 bits per heavy atom. The number of nitrogens with two attached hydrogens (primary N) is 1. The van der Waals surface area contributed by atoms with Crippen LogP contribution in [0.25, 0.3) is 0 Å². The Hall–Kier alpha value is -0.410. The Bertz CT molecular complexity index is 248. The van der Waals surface area contributed by atoms with Crippen LogP contribution in [0.15, 0.2) is 0 Å². The number of carbonyl (C=O) groups is 1. The third-order valence-electron chi connectivity index (χ3n) is 3.75. The zero-order valence-electron chi connectivity index (χ0n) is 8.95. The molecule has 3 nitrogen and oxygen atoms in total. The molecular formula is C11H19NO2. The van der Waals surface area contributed by atoms with E-state index >= 15 is 0 Å². The molecule has 0 bridgehead atoms. The lowest BCUT2D eigenvalue weighted by Gasteiger charge is -2.27. The first-order valence-corrected chi connectivity index (χ1v) is 5.44. The van der Waals surface area contributed by atoms with Gasteiger partial charge in [0.05, 0.1) is 18.1 Å². The van der Waals surface area contributed by atoms with Gasteiger partial charge in [-0.05, 0) is 32.6 Å². The Balaban J connectivity index is 2.14. The van der Waals surface area contributed by atoms with Gasteiger partial charge in [0.25, 0.3) is 0 Å². The van der Waals surface area contributed by atoms with E-state index in [1.54, 1.807) is 6.92 Å². The second kappa shape index (κ2) is 3.31. The highest BCUT2D eigenvalue weighted by molar-refractivity contribution is 5.80. The van der Waals surface area contributed by atoms with Crippen molar-refractivity contribution >= 4 is 5.78 Å². The fourth-order valence-corrected chi connectivity index (χ4v) is 2.91. The van der Waals surface area contributed by atoms with E-state index in [1.165, 1.54) is 0 Å². The van der Waals surface area contributed by atoms with Gasteiger partial charge in [0.2, 0.25) is 0 Å². The smallest absolute Gasteiger partial charge is 0.136 e. The van der Waals surface area contributed by atoms with Gasteiger partial charge in [-0.1, -0.05) is 6.42 Å². The highest BCUT2D eigenvalue weighted by atomic mass is 16.6. The van der Waals surface area contributed by atoms with E-state index in [0.717, 1.165) is 25.9 Å². The maximum absolute atomic E-state index is 11.6. The number of Topliss-reactive ketones (excluding diaryl/α,β-unsaturated/α-hetero) is 1. The van der Waals surface area contributed by atoms with Gasteiger partial charge >= 0.3 is 0 Å². The number of hydrogen-bond donors (Lipinski definition) is 1. The fourth-order valence-electron chi connectivity index (χ4n) is 2.91. The van der Waals surface area contributed by atoms with Gasteiger partial charge in [0, 0.05) is 6.04 Å². The van der Waals surface area contributed by atoms with Gasteiger partial charge < -0.3 is 10.5 Å². The molecule has 1 aliphatic heterocycles. The van der Waals surface area contributed by atoms with E-state index in [0.29, 0.717) is 5.92 Å². The van der Waals surface area contributed by atoms with Crippen molar-refractivity contribution in [2.45, 2.75) is 44.8 Å². The highest BCUT2D eigenvalue weighted by Gasteiger charge is 2.53. The molecule has 1 heterocycles. The number of rotatable bonds is 3. The largest absolute Gasteiger partial charge is 0.369 e. The van der Waals surface area contributed by atoms with E-state index < -0.39 is 0 Å². The summed E-state index contributed by atoms with van der Waals surface area (Å²) in [5, 5.41) is 0. The molecule has 4 atom stereocenters. The molecule has 0 radical (unpaired) electrons. The maximum Gasteiger partial charge on any atom is 0.136 e. The minimum absolute atomic E-state index is 0.0278. The van der Waals surface area contributed by atoms with Crippen molar-refractivity contribution in [3.63, 3.8) is 0 Å². The monoisotopic (exact) mass is 197 g/mol. The van der Waals surface area contributed by atoms with E-state index in [1.807, 2.05) is 6.92 Å². The summed E-state index contributed by atoms with van der Waals surface area (Å²) < 4.78 is 5.40. The highest BCUT2D eigenvalue weighted by Crippen LogP contribution is 2.44. The van der Waals surface area contributed by atoms with E-state index in [9.17, 15) is 4.79 Å². The van der Waals surface area contributed by atoms with Crippen LogP contribution in [0, 0.1) is 11.8 Å². The molecule has 2 N–H and O–H groups in total. The van der Waals surface area contributed by atoms with Gasteiger partial charge in [0.15, 0.2) is 0 Å². The van der Waals surface area contributed by atoms with Crippen LogP contribution in [0.2, 0.25) is 0 Å². The molecule has 0 aromatic rings. The van der Waals surface area contributed by atoms with Gasteiger partial charge in [-0.3, -0.25) is 4.79 Å². The van der Waals surface area contributed by atoms with Gasteiger partial charge in [0.1, 0.15) is 5.78 Å². The summed E-state index contributed by atoms with van der Waals surface area (Å²) in [4.78, 5) is 11.6. The molecule has 0 amide bonds. The molecular weight excluding hydrogens is 178 g/mol. The second-order valence-electron chi connectivity index (χ2n) is 4.95. The summed E-state index contributed by atoms with van der Waals surface area (Å²) >= 11 is 0. The zero-order valence-corrected chi connectivity index (χ0v) is 8.95. The Morgan fingerprint density at radius 2 is 2.21 bits per heavy atom. The third kappa shape index (κ3) is 1.59. The van der Waals surface area contributed by atoms with Crippen molar-refractivity contribution in [1.29, 1.82) is 0 Å². The van der Waals surface area contributed by atoms with Crippen molar-refractivity contribution < 1.29 is 9.53 Å². The number of carbonyl (C=O) groups excluding carboxylic acids is 1. The average molecular weight is 197 g/mol. The molecule has 0 aromatic carbocycles. The number of hydrogen-bond acceptors (Lipinski definition) is 3. The molecule has 2 rings (SSSR count). The summed E-state index contributed by atoms with van der Waals surface area (Å²) in [6.07, 6.45) is 3.31. The molecule has 14 heavy (non-hydrogen) atoms. The maximum atomic E-state index is 11.6. The third-order valence-corrected chi connectivity index (χ3v) is 3.75. The van der Waals surface area contributed by atoms with Crippen molar-refractivity contribution in [2.75, 3.05) is 6.61 Å². The van der Waals surface area contributed by atoms with Gasteiger partial charge in [-0.2, -0.15) is 0 Å². The minimum Gasteiger partial charge on any atom is -0.369 e. The second-order valence-corrected chi connectivity index (χ2v) is 4.95. The Morgan fingerprint density at radius 1 is 1.57 bits per heavy atom. The molecule has 2 fully saturated rings. The summed E-state index contributed by atoms with van der Waals surface area (Å²) in [7, 11) is 0. The predicted octanol–water partition coefficient (Wildman–Crippen LogP) is 1.11. The van der Waals surface area contributed by atoms with Crippen LogP contribution >= 0.6 is 0 Å². The zero-order chi connectivity index (χ0) is 10.3. The van der Waals surface area contributed by atoms with E-state index in [2.05, 4.69) is 0 Å². The summed E-state index contributed by atoms with van der Waals surface area (Å²) in [6, 6.07) is 0.199. The normalized spacial score (nSPS) is 43.6. The number of epoxide rings is 1. The first-order chi connectivity index (χ1) is 6.54. The molecule has 80 valence electrons. The molecule has 1 saturated carbocycles. The van der Waals surface area contributed by atoms with E-state index in [4.69, 9.17) is 10.5 Å². The molecule has 0 spiro atoms. The van der Waals surface area contributed by atoms with Crippen molar-refractivity contribution in [2.24, 2.45) is 17.6 Å². The van der Waals surface area contributed by atoms with Crippen LogP contribution in [0.3, 0.4) is 0 Å². The average Bonchev–Trinajstić information content (AvgIpc) is 2.68. The predicted molar refractivity (Wildman–Crippen MR) is 53.8 cm³/mol. The van der Waals surface area contributed by atoms with Crippen LogP contribution < -0.4 is 5.73 Å². The van der Waals surface area contributed by atoms with Crippen molar-refractivity contribution in [1.82, 2.24) is 0 Å². The Kier molecular flexibility index (Phi) is 2.40. The van der Waals surface area contributed by atoms with Gasteiger partial charge in [-0.25, -0.2) is 0 Å². The minimum atomic E-state index is -0.196. The Labute approximate surface area is 85.0 Å². The molecule has 3 heteroatoms. The fraction of sp³-hybridized carbons (Fsp3) is 0.909.